The molecule has 0 aliphatic rings. The van der Waals surface area contributed by atoms with Crippen molar-refractivity contribution in [3.63, 3.8) is 0 Å². The second-order valence-electron chi connectivity index (χ2n) is 38.7. The first kappa shape index (κ1) is 122. The van der Waals surface area contributed by atoms with E-state index in [0.29, 0.717) is 58.1 Å². The summed E-state index contributed by atoms with van der Waals surface area (Å²) in [6.07, 6.45) is 15.7. The predicted molar refractivity (Wildman–Crippen MR) is 622 cm³/mol. The highest BCUT2D eigenvalue weighted by atomic mass is 32.2. The first-order chi connectivity index (χ1) is 67.4. The van der Waals surface area contributed by atoms with Gasteiger partial charge in [0.15, 0.2) is 0 Å². The number of nitrogens with one attached hydrogen (secondary N) is 1. The van der Waals surface area contributed by atoms with Crippen LogP contribution in [0.25, 0.3) is 32.7 Å². The number of aryl methyl sites for hydroxylation is 20. The molecule has 0 aliphatic carbocycles. The predicted octanol–water partition coefficient (Wildman–Crippen LogP) is 35.1. The Bertz CT molecular complexity index is 6890. The van der Waals surface area contributed by atoms with Crippen molar-refractivity contribution in [1.82, 2.24) is 0 Å². The lowest BCUT2D eigenvalue weighted by atomic mass is 9.76. The Labute approximate surface area is 871 Å². The van der Waals surface area contributed by atoms with Gasteiger partial charge in [-0.25, -0.2) is 8.42 Å². The largest absolute Gasteiger partial charge is 0.508 e. The van der Waals surface area contributed by atoms with E-state index in [4.69, 9.17) is 5.11 Å². The van der Waals surface area contributed by atoms with Gasteiger partial charge in [-0.2, -0.15) is 0 Å². The van der Waals surface area contributed by atoms with Gasteiger partial charge in [0.2, 0.25) is 10.0 Å². The van der Waals surface area contributed by atoms with Crippen LogP contribution < -0.4 is 4.72 Å². The van der Waals surface area contributed by atoms with Crippen LogP contribution in [0.15, 0.2) is 291 Å². The van der Waals surface area contributed by atoms with E-state index < -0.39 is 10.0 Å². The van der Waals surface area contributed by atoms with E-state index in [9.17, 15) is 44.2 Å². The van der Waals surface area contributed by atoms with E-state index >= 15 is 0 Å². The molecule has 0 heterocycles. The molecule has 0 bridgehead atoms. The molecule has 145 heavy (non-hydrogen) atoms. The number of phenolic OH excluding ortho intramolecular Hbond substituents is 8. The fourth-order valence-electron chi connectivity index (χ4n) is 17.5. The number of aromatic hydroxyl groups is 8. The van der Waals surface area contributed by atoms with E-state index in [1.807, 2.05) is 211 Å². The maximum Gasteiger partial charge on any atom is 0.229 e. The number of para-hydroxylation sites is 1. The highest BCUT2D eigenvalue weighted by Gasteiger charge is 2.26. The lowest BCUT2D eigenvalue weighted by Gasteiger charge is -2.27. The van der Waals surface area contributed by atoms with Crippen LogP contribution in [-0.2, 0) is 54.0 Å². The summed E-state index contributed by atoms with van der Waals surface area (Å²) in [6, 6.07) is 97.5. The molecule has 0 spiro atoms. The van der Waals surface area contributed by atoms with Gasteiger partial charge in [-0.3, -0.25) is 4.72 Å². The van der Waals surface area contributed by atoms with Crippen molar-refractivity contribution in [2.45, 2.75) is 270 Å². The van der Waals surface area contributed by atoms with Gasteiger partial charge in [0.25, 0.3) is 0 Å². The summed E-state index contributed by atoms with van der Waals surface area (Å²) < 4.78 is 24.1. The fraction of sp³-hybridized carbons (Fsp3) is 0.308. The minimum absolute atomic E-state index is 0. The zero-order valence-corrected chi connectivity index (χ0v) is 89.5. The van der Waals surface area contributed by atoms with Gasteiger partial charge in [0.1, 0.15) is 46.0 Å². The Morgan fingerprint density at radius 3 is 1.31 bits per heavy atom. The summed E-state index contributed by atoms with van der Waals surface area (Å²) in [7, 11) is -3.15. The standard InChI is InChI=1S/C26H38O2.C22H22O.C17H20.C14H14O.C13H14O.C12H12O.C10H14O.C8H11NO2S.C8H10O.3CH4/c1-5-7-8-9-10-11-12-13-22-15-20(4)26(28)24(17-22)18-23-16-21(6-2)14-19(3)25(23)27;1-16-14-19(22(2,3)18-12-8-5-9-13-18)15-20(21(16)23)17-10-6-4-7-11-17;1-12-9-14(3)17(15(4)10-12)11-16-8-6-5-7-13(16)2;1-11-9-13(7-8-14(11)15)10-12-5-3-2-4-6-12;1-8-4-5-12-10(3)13(14)9(2)7-11(12)6-8;1-8-3-5-11-9(2)12(13)6-4-10(11)7-8;1-4-9-6-7(2)5-8(3)10(9)11;1-7-5-3-4-6-8(7)9-12(2,10)11;1-6-4-3-5-8(9)7(6)2;;;/h14-17,27-28H,5-13,18H2,1-4H3;4-15,23H,1-3H3;5-10H,11H2,1-4H3;2-9,15H,10H2,1H3;4-7,14H,1-3H3;3-7,13H,1-2H3;5-6,11H,4H2,1-3H3;3-6,9H,1-2H3;3-5,9H,1-2H3;3*1H4. The van der Waals surface area contributed by atoms with Crippen molar-refractivity contribution in [3.8, 4) is 57.1 Å². The number of fused-ring (bicyclic) bond motifs is 2. The average Bonchev–Trinajstić information content (AvgIpc) is 0.773. The monoisotopic (exact) mass is 1970 g/mol. The van der Waals surface area contributed by atoms with Crippen LogP contribution in [0.2, 0.25) is 0 Å². The summed E-state index contributed by atoms with van der Waals surface area (Å²) in [4.78, 5) is 0. The third-order valence-corrected chi connectivity index (χ3v) is 27.0. The van der Waals surface area contributed by atoms with Crippen molar-refractivity contribution in [3.05, 3.63) is 453 Å². The van der Waals surface area contributed by atoms with Crippen LogP contribution in [0.5, 0.6) is 46.0 Å². The minimum Gasteiger partial charge on any atom is -0.508 e. The highest BCUT2D eigenvalue weighted by molar-refractivity contribution is 7.92. The third kappa shape index (κ3) is 37.1. The normalized spacial score (nSPS) is 10.5. The molecule has 12 heteroatoms. The van der Waals surface area contributed by atoms with Crippen LogP contribution in [0, 0.1) is 125 Å². The maximum absolute atomic E-state index is 10.8. The van der Waals surface area contributed by atoms with Crippen molar-refractivity contribution < 1.29 is 49.3 Å². The number of hydrogen-bond donors (Lipinski definition) is 9. The summed E-state index contributed by atoms with van der Waals surface area (Å²) in [5, 5.41) is 83.5. The number of hydrogen-bond acceptors (Lipinski definition) is 10. The summed E-state index contributed by atoms with van der Waals surface area (Å²) in [5.74, 6) is 3.08. The van der Waals surface area contributed by atoms with Gasteiger partial charge in [-0.1, -0.05) is 372 Å². The van der Waals surface area contributed by atoms with Crippen molar-refractivity contribution in [2.75, 3.05) is 11.0 Å². The van der Waals surface area contributed by atoms with Gasteiger partial charge in [0.05, 0.1) is 11.9 Å². The molecule has 16 rings (SSSR count). The van der Waals surface area contributed by atoms with Crippen LogP contribution in [0.4, 0.5) is 5.69 Å². The number of sulfonamides is 1. The average molecular weight is 1970 g/mol. The van der Waals surface area contributed by atoms with E-state index in [1.54, 1.807) is 30.3 Å². The van der Waals surface area contributed by atoms with Gasteiger partial charge >= 0.3 is 0 Å². The Balaban J connectivity index is 0.000000292. The lowest BCUT2D eigenvalue weighted by molar-refractivity contribution is 0.458. The molecule has 0 fully saturated rings. The quantitative estimate of drug-likeness (QED) is 0.0311. The molecule has 16 aromatic rings. The number of unbranched alkanes of at least 4 members (excludes halogenated alkanes) is 6. The van der Waals surface area contributed by atoms with E-state index in [1.165, 1.54) is 139 Å². The molecule has 0 saturated heterocycles. The number of phenols is 8. The van der Waals surface area contributed by atoms with Crippen LogP contribution in [0.1, 0.15) is 263 Å². The second kappa shape index (κ2) is 58.8. The number of rotatable bonds is 21. The van der Waals surface area contributed by atoms with Crippen molar-refractivity contribution in [2.24, 2.45) is 0 Å². The highest BCUT2D eigenvalue weighted by Crippen LogP contribution is 2.41. The third-order valence-electron chi connectivity index (χ3n) is 26.4. The molecular weight excluding hydrogens is 1800 g/mol. The number of benzene rings is 16. The molecule has 0 aromatic heterocycles. The molecule has 0 atom stereocenters. The molecule has 0 amide bonds. The van der Waals surface area contributed by atoms with Crippen LogP contribution >= 0.6 is 0 Å². The topological polar surface area (TPSA) is 208 Å². The molecule has 9 N–H and O–H groups in total. The summed E-state index contributed by atoms with van der Waals surface area (Å²) in [6.45, 7) is 47.2. The molecule has 16 aromatic carbocycles. The molecule has 0 aliphatic heterocycles. The Kier molecular flexibility index (Phi) is 49.4. The van der Waals surface area contributed by atoms with Gasteiger partial charge in [-0.05, 0) is 366 Å². The molecule has 11 nitrogen and oxygen atoms in total. The Morgan fingerprint density at radius 1 is 0.283 bits per heavy atom. The summed E-state index contributed by atoms with van der Waals surface area (Å²) >= 11 is 0. The van der Waals surface area contributed by atoms with Crippen LogP contribution in [-0.4, -0.2) is 55.5 Å². The number of anilines is 1. The zero-order valence-electron chi connectivity index (χ0n) is 88.7. The van der Waals surface area contributed by atoms with Crippen LogP contribution in [0.3, 0.4) is 0 Å². The van der Waals surface area contributed by atoms with E-state index in [2.05, 4.69) is 213 Å². The smallest absolute Gasteiger partial charge is 0.229 e. The zero-order chi connectivity index (χ0) is 104. The second-order valence-corrected chi connectivity index (χ2v) is 40.5. The molecule has 0 saturated carbocycles. The van der Waals surface area contributed by atoms with E-state index in [0.717, 1.165) is 138 Å². The van der Waals surface area contributed by atoms with E-state index in [-0.39, 0.29) is 27.7 Å². The van der Waals surface area contributed by atoms with Gasteiger partial charge in [-0.15, -0.1) is 0 Å². The van der Waals surface area contributed by atoms with Crippen molar-refractivity contribution >= 4 is 37.3 Å². The minimum atomic E-state index is -3.15. The summed E-state index contributed by atoms with van der Waals surface area (Å²) in [5.41, 5.74) is 35.6. The first-order valence-electron chi connectivity index (χ1n) is 49.9. The Hall–Kier alpha value is -13.8. The van der Waals surface area contributed by atoms with Gasteiger partial charge in [0, 0.05) is 17.4 Å². The molecule has 0 unspecified atom stereocenters. The molecular formula is C133H167NO10S. The van der Waals surface area contributed by atoms with Crippen molar-refractivity contribution in [1.29, 1.82) is 0 Å². The SMILES string of the molecule is C.C.C.CCCCCCCCCc1cc(C)c(O)c(Cc2cc(CC)cc(C)c2O)c1.CCc1cc(C)cc(C)c1O.Cc1cc(C(C)(C)c2ccccc2)cc(-c2ccccc2)c1O.Cc1cc(C)c(Cc2ccccc2C)c(C)c1.Cc1cc(Cc2ccccc2)ccc1O.Cc1ccc2c(C)c(O)c(C)cc2c1.Cc1ccc2c(C)c(O)ccc2c1.Cc1cccc(O)c1C.Cc1ccccc1NS(C)(=O)=O. The van der Waals surface area contributed by atoms with Gasteiger partial charge < -0.3 is 40.9 Å². The first-order valence-corrected chi connectivity index (χ1v) is 51.8. The fourth-order valence-corrected chi connectivity index (χ4v) is 18.2. The lowest BCUT2D eigenvalue weighted by Crippen LogP contribution is -2.19. The molecule has 770 valence electrons. The Morgan fingerprint density at radius 2 is 0.752 bits per heavy atom. The maximum atomic E-state index is 10.8. The molecule has 0 radical (unpaired) electrons.